The van der Waals surface area contributed by atoms with Gasteiger partial charge in [0.15, 0.2) is 0 Å². The van der Waals surface area contributed by atoms with Crippen molar-refractivity contribution in [2.75, 3.05) is 11.9 Å². The number of amides is 1. The fourth-order valence-electron chi connectivity index (χ4n) is 1.84. The van der Waals surface area contributed by atoms with Crippen LogP contribution in [0.1, 0.15) is 27.2 Å². The van der Waals surface area contributed by atoms with E-state index in [1.165, 1.54) is 6.26 Å². The second kappa shape index (κ2) is 6.09. The standard InChI is InChI=1S/C16H15NO3/c1-11-10-14(6-5-13(11)4-3-8-18)17-16(19)15-7-9-20-12(15)2/h5-7,9-10,18H,8H2,1-2H3,(H,17,19). The molecule has 0 atom stereocenters. The van der Waals surface area contributed by atoms with Crippen molar-refractivity contribution < 1.29 is 14.3 Å². The number of rotatable bonds is 2. The maximum atomic E-state index is 12.0. The van der Waals surface area contributed by atoms with Crippen molar-refractivity contribution in [3.8, 4) is 11.8 Å². The van der Waals surface area contributed by atoms with Crippen molar-refractivity contribution >= 4 is 11.6 Å². The van der Waals surface area contributed by atoms with E-state index in [4.69, 9.17) is 9.52 Å². The van der Waals surface area contributed by atoms with Crippen LogP contribution in [0, 0.1) is 25.7 Å². The summed E-state index contributed by atoms with van der Waals surface area (Å²) in [4.78, 5) is 12.0. The summed E-state index contributed by atoms with van der Waals surface area (Å²) >= 11 is 0. The lowest BCUT2D eigenvalue weighted by atomic mass is 10.1. The highest BCUT2D eigenvalue weighted by molar-refractivity contribution is 6.04. The van der Waals surface area contributed by atoms with Crippen LogP contribution in [-0.2, 0) is 0 Å². The number of aliphatic hydroxyl groups is 1. The minimum atomic E-state index is -0.204. The molecule has 0 saturated heterocycles. The largest absolute Gasteiger partial charge is 0.469 e. The Bertz CT molecular complexity index is 689. The maximum Gasteiger partial charge on any atom is 0.259 e. The zero-order valence-electron chi connectivity index (χ0n) is 11.4. The highest BCUT2D eigenvalue weighted by Gasteiger charge is 2.11. The van der Waals surface area contributed by atoms with Gasteiger partial charge in [-0.15, -0.1) is 0 Å². The Morgan fingerprint density at radius 3 is 2.75 bits per heavy atom. The summed E-state index contributed by atoms with van der Waals surface area (Å²) < 4.78 is 5.11. The number of carbonyl (C=O) groups is 1. The SMILES string of the molecule is Cc1cc(NC(=O)c2ccoc2C)ccc1C#CCO. The minimum absolute atomic E-state index is 0.169. The van der Waals surface area contributed by atoms with Crippen LogP contribution in [0.5, 0.6) is 0 Å². The predicted octanol–water partition coefficient (Wildman–Crippen LogP) is 2.49. The van der Waals surface area contributed by atoms with Gasteiger partial charge >= 0.3 is 0 Å². The van der Waals surface area contributed by atoms with Gasteiger partial charge in [0.2, 0.25) is 0 Å². The van der Waals surface area contributed by atoms with E-state index in [0.717, 1.165) is 11.1 Å². The highest BCUT2D eigenvalue weighted by atomic mass is 16.3. The Hall–Kier alpha value is -2.51. The van der Waals surface area contributed by atoms with E-state index in [1.54, 1.807) is 19.1 Å². The van der Waals surface area contributed by atoms with Crippen LogP contribution in [0.4, 0.5) is 5.69 Å². The molecule has 2 aromatic rings. The van der Waals surface area contributed by atoms with Crippen LogP contribution in [-0.4, -0.2) is 17.6 Å². The summed E-state index contributed by atoms with van der Waals surface area (Å²) in [7, 11) is 0. The molecule has 2 N–H and O–H groups in total. The van der Waals surface area contributed by atoms with Gasteiger partial charge in [-0.1, -0.05) is 11.8 Å². The van der Waals surface area contributed by atoms with Gasteiger partial charge in [-0.05, 0) is 43.7 Å². The van der Waals surface area contributed by atoms with Crippen LogP contribution < -0.4 is 5.32 Å². The number of aliphatic hydroxyl groups excluding tert-OH is 1. The summed E-state index contributed by atoms with van der Waals surface area (Å²) in [5.74, 6) is 5.84. The first-order valence-electron chi connectivity index (χ1n) is 6.17. The third-order valence-electron chi connectivity index (χ3n) is 2.89. The zero-order valence-corrected chi connectivity index (χ0v) is 11.4. The second-order valence-corrected chi connectivity index (χ2v) is 4.33. The van der Waals surface area contributed by atoms with Crippen molar-refractivity contribution in [2.45, 2.75) is 13.8 Å². The summed E-state index contributed by atoms with van der Waals surface area (Å²) in [5.41, 5.74) is 2.98. The lowest BCUT2D eigenvalue weighted by Crippen LogP contribution is -2.12. The van der Waals surface area contributed by atoms with Gasteiger partial charge in [0, 0.05) is 11.3 Å². The number of anilines is 1. The first-order chi connectivity index (χ1) is 9.61. The molecule has 1 heterocycles. The smallest absolute Gasteiger partial charge is 0.259 e. The number of benzene rings is 1. The van der Waals surface area contributed by atoms with E-state index in [0.29, 0.717) is 17.0 Å². The van der Waals surface area contributed by atoms with E-state index in [2.05, 4.69) is 17.2 Å². The number of hydrogen-bond acceptors (Lipinski definition) is 3. The first-order valence-corrected chi connectivity index (χ1v) is 6.17. The minimum Gasteiger partial charge on any atom is -0.469 e. The molecule has 1 aromatic carbocycles. The fourth-order valence-corrected chi connectivity index (χ4v) is 1.84. The Kier molecular flexibility index (Phi) is 4.24. The van der Waals surface area contributed by atoms with Crippen LogP contribution >= 0.6 is 0 Å². The van der Waals surface area contributed by atoms with E-state index in [1.807, 2.05) is 19.1 Å². The summed E-state index contributed by atoms with van der Waals surface area (Å²) in [6.07, 6.45) is 1.49. The van der Waals surface area contributed by atoms with E-state index >= 15 is 0 Å². The molecule has 2 rings (SSSR count). The van der Waals surface area contributed by atoms with Gasteiger partial charge in [-0.25, -0.2) is 0 Å². The summed E-state index contributed by atoms with van der Waals surface area (Å²) in [5, 5.41) is 11.5. The zero-order chi connectivity index (χ0) is 14.5. The third kappa shape index (κ3) is 3.08. The molecule has 0 bridgehead atoms. The Labute approximate surface area is 117 Å². The van der Waals surface area contributed by atoms with Crippen LogP contribution in [0.15, 0.2) is 34.9 Å². The quantitative estimate of drug-likeness (QED) is 0.823. The normalized spacial score (nSPS) is 9.75. The number of nitrogens with one attached hydrogen (secondary N) is 1. The molecule has 0 unspecified atom stereocenters. The Balaban J connectivity index is 2.17. The molecule has 0 radical (unpaired) electrons. The van der Waals surface area contributed by atoms with Crippen LogP contribution in [0.25, 0.3) is 0 Å². The summed E-state index contributed by atoms with van der Waals surface area (Å²) in [6.45, 7) is 3.48. The fraction of sp³-hybridized carbons (Fsp3) is 0.188. The lowest BCUT2D eigenvalue weighted by Gasteiger charge is -2.06. The molecule has 1 amide bonds. The maximum absolute atomic E-state index is 12.0. The molecule has 4 heteroatoms. The molecule has 0 spiro atoms. The lowest BCUT2D eigenvalue weighted by molar-refractivity contribution is 0.102. The second-order valence-electron chi connectivity index (χ2n) is 4.33. The van der Waals surface area contributed by atoms with Gasteiger partial charge in [-0.2, -0.15) is 0 Å². The van der Waals surface area contributed by atoms with Gasteiger partial charge < -0.3 is 14.8 Å². The van der Waals surface area contributed by atoms with E-state index < -0.39 is 0 Å². The van der Waals surface area contributed by atoms with Crippen molar-refractivity contribution in [1.29, 1.82) is 0 Å². The number of hydrogen-bond donors (Lipinski definition) is 2. The molecule has 0 fully saturated rings. The molecule has 0 saturated carbocycles. The molecular weight excluding hydrogens is 254 g/mol. The van der Waals surface area contributed by atoms with Crippen molar-refractivity contribution in [3.63, 3.8) is 0 Å². The average Bonchev–Trinajstić information content (AvgIpc) is 2.84. The van der Waals surface area contributed by atoms with Crippen molar-refractivity contribution in [1.82, 2.24) is 0 Å². The van der Waals surface area contributed by atoms with Crippen molar-refractivity contribution in [3.05, 3.63) is 53.0 Å². The molecule has 0 aliphatic heterocycles. The molecule has 1 aromatic heterocycles. The molecule has 4 nitrogen and oxygen atoms in total. The number of furan rings is 1. The van der Waals surface area contributed by atoms with Crippen LogP contribution in [0.3, 0.4) is 0 Å². The van der Waals surface area contributed by atoms with Gasteiger partial charge in [-0.3, -0.25) is 4.79 Å². The van der Waals surface area contributed by atoms with Crippen LogP contribution in [0.2, 0.25) is 0 Å². The van der Waals surface area contributed by atoms with E-state index in [-0.39, 0.29) is 12.5 Å². The van der Waals surface area contributed by atoms with Gasteiger partial charge in [0.1, 0.15) is 12.4 Å². The molecule has 102 valence electrons. The molecule has 20 heavy (non-hydrogen) atoms. The number of carbonyl (C=O) groups excluding carboxylic acids is 1. The Morgan fingerprint density at radius 2 is 2.15 bits per heavy atom. The number of aryl methyl sites for hydroxylation is 2. The average molecular weight is 269 g/mol. The van der Waals surface area contributed by atoms with Gasteiger partial charge in [0.25, 0.3) is 5.91 Å². The highest BCUT2D eigenvalue weighted by Crippen LogP contribution is 2.17. The Morgan fingerprint density at radius 1 is 1.35 bits per heavy atom. The molecule has 0 aliphatic rings. The van der Waals surface area contributed by atoms with Gasteiger partial charge in [0.05, 0.1) is 11.8 Å². The predicted molar refractivity (Wildman–Crippen MR) is 76.5 cm³/mol. The third-order valence-corrected chi connectivity index (χ3v) is 2.89. The van der Waals surface area contributed by atoms with E-state index in [9.17, 15) is 4.79 Å². The van der Waals surface area contributed by atoms with Crippen molar-refractivity contribution in [2.24, 2.45) is 0 Å². The summed E-state index contributed by atoms with van der Waals surface area (Å²) in [6, 6.07) is 7.07. The molecular formula is C16H15NO3. The topological polar surface area (TPSA) is 62.5 Å². The monoisotopic (exact) mass is 269 g/mol. The first kappa shape index (κ1) is 13.9. The molecule has 0 aliphatic carbocycles.